The summed E-state index contributed by atoms with van der Waals surface area (Å²) in [5, 5.41) is 0. The van der Waals surface area contributed by atoms with Crippen LogP contribution >= 0.6 is 0 Å². The molecule has 1 atom stereocenters. The molecule has 0 spiro atoms. The van der Waals surface area contributed by atoms with Crippen LogP contribution in [0.2, 0.25) is 0 Å². The molecule has 1 unspecified atom stereocenters. The summed E-state index contributed by atoms with van der Waals surface area (Å²) < 4.78 is 0. The second-order valence-corrected chi connectivity index (χ2v) is 5.75. The fourth-order valence-electron chi connectivity index (χ4n) is 2.29. The zero-order chi connectivity index (χ0) is 15.4. The molecule has 0 aliphatic rings. The van der Waals surface area contributed by atoms with Crippen molar-refractivity contribution in [3.8, 4) is 0 Å². The van der Waals surface area contributed by atoms with Crippen LogP contribution in [-0.2, 0) is 11.2 Å². The van der Waals surface area contributed by atoms with E-state index in [0.29, 0.717) is 6.42 Å². The fraction of sp³-hybridized carbons (Fsp3) is 0.316. The summed E-state index contributed by atoms with van der Waals surface area (Å²) in [5.74, 6) is 0.145. The molecule has 2 aromatic rings. The molecular weight excluding hydrogens is 258 g/mol. The van der Waals surface area contributed by atoms with Crippen LogP contribution < -0.4 is 0 Å². The molecule has 21 heavy (non-hydrogen) atoms. The van der Waals surface area contributed by atoms with Gasteiger partial charge < -0.3 is 4.90 Å². The Labute approximate surface area is 127 Å². The first-order valence-electron chi connectivity index (χ1n) is 7.35. The van der Waals surface area contributed by atoms with Crippen molar-refractivity contribution in [2.75, 3.05) is 7.05 Å². The molecular formula is C19H23NO. The Morgan fingerprint density at radius 2 is 1.43 bits per heavy atom. The summed E-state index contributed by atoms with van der Waals surface area (Å²) in [6.07, 6.45) is 0.451. The van der Waals surface area contributed by atoms with Crippen molar-refractivity contribution >= 4 is 5.91 Å². The standard InChI is InChI=1S/C19H23NO/c1-14-5-9-17(10-6-14)13-19(21)20(4)16(3)18-11-7-15(2)8-12-18/h5-12,16H,13H2,1-4H3. The van der Waals surface area contributed by atoms with Crippen LogP contribution in [0.1, 0.15) is 35.2 Å². The van der Waals surface area contributed by atoms with Crippen LogP contribution in [0.4, 0.5) is 0 Å². The number of hydrogen-bond donors (Lipinski definition) is 0. The Hall–Kier alpha value is -2.09. The van der Waals surface area contributed by atoms with Gasteiger partial charge in [-0.15, -0.1) is 0 Å². The molecule has 2 heteroatoms. The third-order valence-corrected chi connectivity index (χ3v) is 4.01. The van der Waals surface area contributed by atoms with Gasteiger partial charge in [0.05, 0.1) is 12.5 Å². The van der Waals surface area contributed by atoms with E-state index < -0.39 is 0 Å². The molecule has 2 nitrogen and oxygen atoms in total. The SMILES string of the molecule is Cc1ccc(CC(=O)N(C)C(C)c2ccc(C)cc2)cc1. The fourth-order valence-corrected chi connectivity index (χ4v) is 2.29. The predicted molar refractivity (Wildman–Crippen MR) is 87.2 cm³/mol. The Bertz CT molecular complexity index is 598. The molecule has 0 aromatic heterocycles. The number of benzene rings is 2. The quantitative estimate of drug-likeness (QED) is 0.827. The number of carbonyl (C=O) groups is 1. The third kappa shape index (κ3) is 3.94. The number of nitrogens with zero attached hydrogens (tertiary/aromatic N) is 1. The summed E-state index contributed by atoms with van der Waals surface area (Å²) in [4.78, 5) is 14.2. The van der Waals surface area contributed by atoms with Gasteiger partial charge in [0.25, 0.3) is 0 Å². The number of aryl methyl sites for hydroxylation is 2. The van der Waals surface area contributed by atoms with E-state index in [-0.39, 0.29) is 11.9 Å². The maximum atomic E-state index is 12.4. The van der Waals surface area contributed by atoms with Gasteiger partial charge in [-0.3, -0.25) is 4.79 Å². The molecule has 0 saturated carbocycles. The highest BCUT2D eigenvalue weighted by Gasteiger charge is 2.17. The molecule has 0 bridgehead atoms. The summed E-state index contributed by atoms with van der Waals surface area (Å²) in [5.41, 5.74) is 4.68. The molecule has 0 aliphatic carbocycles. The van der Waals surface area contributed by atoms with E-state index in [9.17, 15) is 4.79 Å². The smallest absolute Gasteiger partial charge is 0.227 e. The van der Waals surface area contributed by atoms with Gasteiger partial charge in [-0.2, -0.15) is 0 Å². The average Bonchev–Trinajstić information content (AvgIpc) is 2.49. The van der Waals surface area contributed by atoms with E-state index in [0.717, 1.165) is 5.56 Å². The van der Waals surface area contributed by atoms with Gasteiger partial charge in [0.15, 0.2) is 0 Å². The van der Waals surface area contributed by atoms with Gasteiger partial charge in [-0.1, -0.05) is 59.7 Å². The second kappa shape index (κ2) is 6.57. The lowest BCUT2D eigenvalue weighted by atomic mass is 10.0. The first-order chi connectivity index (χ1) is 9.97. The maximum absolute atomic E-state index is 12.4. The van der Waals surface area contributed by atoms with Crippen molar-refractivity contribution in [1.82, 2.24) is 4.90 Å². The molecule has 2 rings (SSSR count). The molecule has 110 valence electrons. The van der Waals surface area contributed by atoms with Gasteiger partial charge >= 0.3 is 0 Å². The van der Waals surface area contributed by atoms with Crippen molar-refractivity contribution in [3.63, 3.8) is 0 Å². The minimum absolute atomic E-state index is 0.0866. The second-order valence-electron chi connectivity index (χ2n) is 5.75. The third-order valence-electron chi connectivity index (χ3n) is 4.01. The van der Waals surface area contributed by atoms with Crippen LogP contribution in [-0.4, -0.2) is 17.9 Å². The van der Waals surface area contributed by atoms with E-state index in [4.69, 9.17) is 0 Å². The number of amides is 1. The minimum Gasteiger partial charge on any atom is -0.339 e. The molecule has 0 saturated heterocycles. The van der Waals surface area contributed by atoms with Gasteiger partial charge in [-0.05, 0) is 31.9 Å². The molecule has 0 radical (unpaired) electrons. The van der Waals surface area contributed by atoms with Crippen LogP contribution in [0.15, 0.2) is 48.5 Å². The van der Waals surface area contributed by atoms with Crippen LogP contribution in [0, 0.1) is 13.8 Å². The van der Waals surface area contributed by atoms with E-state index in [1.807, 2.05) is 36.2 Å². The Balaban J connectivity index is 2.04. The van der Waals surface area contributed by atoms with E-state index in [1.165, 1.54) is 16.7 Å². The van der Waals surface area contributed by atoms with Crippen molar-refractivity contribution in [3.05, 3.63) is 70.8 Å². The summed E-state index contributed by atoms with van der Waals surface area (Å²) in [6.45, 7) is 6.19. The van der Waals surface area contributed by atoms with Gasteiger partial charge in [-0.25, -0.2) is 0 Å². The monoisotopic (exact) mass is 281 g/mol. The zero-order valence-electron chi connectivity index (χ0n) is 13.3. The Kier molecular flexibility index (Phi) is 4.79. The predicted octanol–water partition coefficient (Wildman–Crippen LogP) is 4.07. The first-order valence-corrected chi connectivity index (χ1v) is 7.35. The van der Waals surface area contributed by atoms with Gasteiger partial charge in [0.2, 0.25) is 5.91 Å². The van der Waals surface area contributed by atoms with E-state index in [1.54, 1.807) is 0 Å². The molecule has 2 aromatic carbocycles. The van der Waals surface area contributed by atoms with Gasteiger partial charge in [0, 0.05) is 7.05 Å². The highest BCUT2D eigenvalue weighted by molar-refractivity contribution is 5.79. The lowest BCUT2D eigenvalue weighted by Crippen LogP contribution is -2.30. The van der Waals surface area contributed by atoms with E-state index >= 15 is 0 Å². The van der Waals surface area contributed by atoms with E-state index in [2.05, 4.69) is 45.0 Å². The average molecular weight is 281 g/mol. The molecule has 1 amide bonds. The summed E-state index contributed by atoms with van der Waals surface area (Å²) >= 11 is 0. The molecule has 0 fully saturated rings. The largest absolute Gasteiger partial charge is 0.339 e. The summed E-state index contributed by atoms with van der Waals surface area (Å²) in [7, 11) is 1.88. The zero-order valence-corrected chi connectivity index (χ0v) is 13.3. The molecule has 0 aliphatic heterocycles. The normalized spacial score (nSPS) is 12.0. The van der Waals surface area contributed by atoms with Crippen molar-refractivity contribution in [2.45, 2.75) is 33.2 Å². The molecule has 0 heterocycles. The lowest BCUT2D eigenvalue weighted by Gasteiger charge is -2.25. The number of likely N-dealkylation sites (N-methyl/N-ethyl adjacent to an activating group) is 1. The Morgan fingerprint density at radius 3 is 1.95 bits per heavy atom. The van der Waals surface area contributed by atoms with Crippen molar-refractivity contribution < 1.29 is 4.79 Å². The van der Waals surface area contributed by atoms with Crippen LogP contribution in [0.25, 0.3) is 0 Å². The number of hydrogen-bond acceptors (Lipinski definition) is 1. The van der Waals surface area contributed by atoms with Crippen LogP contribution in [0.5, 0.6) is 0 Å². The number of carbonyl (C=O) groups excluding carboxylic acids is 1. The molecule has 0 N–H and O–H groups in total. The highest BCUT2D eigenvalue weighted by Crippen LogP contribution is 2.20. The lowest BCUT2D eigenvalue weighted by molar-refractivity contribution is -0.131. The number of rotatable bonds is 4. The van der Waals surface area contributed by atoms with Gasteiger partial charge in [0.1, 0.15) is 0 Å². The van der Waals surface area contributed by atoms with Crippen LogP contribution in [0.3, 0.4) is 0 Å². The maximum Gasteiger partial charge on any atom is 0.227 e. The van der Waals surface area contributed by atoms with Crippen molar-refractivity contribution in [2.24, 2.45) is 0 Å². The van der Waals surface area contributed by atoms with Crippen molar-refractivity contribution in [1.29, 1.82) is 0 Å². The summed E-state index contributed by atoms with van der Waals surface area (Å²) in [6, 6.07) is 16.6. The topological polar surface area (TPSA) is 20.3 Å². The first kappa shape index (κ1) is 15.3. The highest BCUT2D eigenvalue weighted by atomic mass is 16.2. The Morgan fingerprint density at radius 1 is 0.952 bits per heavy atom. The minimum atomic E-state index is 0.0866.